The molecule has 0 aromatic carbocycles. The first-order chi connectivity index (χ1) is 6.91. The molecule has 1 aromatic heterocycles. The van der Waals surface area contributed by atoms with Gasteiger partial charge in [-0.25, -0.2) is 4.98 Å². The van der Waals surface area contributed by atoms with Gasteiger partial charge in [-0.15, -0.1) is 0 Å². The van der Waals surface area contributed by atoms with Gasteiger partial charge in [-0.3, -0.25) is 14.2 Å². The first-order valence-electron chi connectivity index (χ1n) is 4.36. The number of rotatable bonds is 2. The number of amides is 1. The molecule has 1 aromatic rings. The van der Waals surface area contributed by atoms with Crippen LogP contribution in [0.4, 0.5) is 0 Å². The Labute approximate surface area is 92.3 Å². The number of halogens is 1. The summed E-state index contributed by atoms with van der Waals surface area (Å²) in [4.78, 5) is 28.2. The van der Waals surface area contributed by atoms with Crippen molar-refractivity contribution >= 4 is 17.5 Å². The van der Waals surface area contributed by atoms with Crippen LogP contribution in [0.3, 0.4) is 0 Å². The third-order valence-electron chi connectivity index (χ3n) is 1.96. The monoisotopic (exact) mass is 229 g/mol. The molecule has 0 saturated heterocycles. The van der Waals surface area contributed by atoms with Crippen molar-refractivity contribution < 1.29 is 4.79 Å². The van der Waals surface area contributed by atoms with E-state index in [1.165, 1.54) is 15.5 Å². The van der Waals surface area contributed by atoms with Crippen LogP contribution in [0, 0.1) is 6.92 Å². The van der Waals surface area contributed by atoms with Gasteiger partial charge >= 0.3 is 0 Å². The molecular formula is C9H12ClN3O2. The van der Waals surface area contributed by atoms with Crippen LogP contribution in [0.2, 0.25) is 5.15 Å². The molecule has 0 bridgehead atoms. The third-order valence-corrected chi connectivity index (χ3v) is 2.15. The largest absolute Gasteiger partial charge is 0.347 e. The molecule has 1 heterocycles. The average molecular weight is 230 g/mol. The van der Waals surface area contributed by atoms with Crippen molar-refractivity contribution in [3.8, 4) is 0 Å². The number of aromatic nitrogens is 2. The highest BCUT2D eigenvalue weighted by atomic mass is 35.5. The maximum Gasteiger partial charge on any atom is 0.255 e. The van der Waals surface area contributed by atoms with Gasteiger partial charge in [0.15, 0.2) is 0 Å². The zero-order valence-corrected chi connectivity index (χ0v) is 9.58. The molecule has 0 fully saturated rings. The van der Waals surface area contributed by atoms with Gasteiger partial charge in [-0.05, 0) is 6.92 Å². The average Bonchev–Trinajstić information content (AvgIpc) is 2.10. The number of likely N-dealkylation sites (N-methyl/N-ethyl adjacent to an activating group) is 1. The first-order valence-corrected chi connectivity index (χ1v) is 4.73. The molecule has 1 amide bonds. The van der Waals surface area contributed by atoms with Crippen LogP contribution < -0.4 is 5.56 Å². The van der Waals surface area contributed by atoms with Crippen LogP contribution in [-0.4, -0.2) is 34.5 Å². The zero-order valence-electron chi connectivity index (χ0n) is 8.82. The molecule has 0 N–H and O–H groups in total. The van der Waals surface area contributed by atoms with Crippen LogP contribution in [0.1, 0.15) is 5.82 Å². The Hall–Kier alpha value is -1.36. The Kier molecular flexibility index (Phi) is 3.47. The van der Waals surface area contributed by atoms with E-state index in [0.717, 1.165) is 0 Å². The second-order valence-corrected chi connectivity index (χ2v) is 3.73. The smallest absolute Gasteiger partial charge is 0.255 e. The van der Waals surface area contributed by atoms with Crippen LogP contribution >= 0.6 is 11.6 Å². The molecule has 0 atom stereocenters. The number of aryl methyl sites for hydroxylation is 1. The van der Waals surface area contributed by atoms with Crippen molar-refractivity contribution in [2.24, 2.45) is 0 Å². The summed E-state index contributed by atoms with van der Waals surface area (Å²) < 4.78 is 1.29. The lowest BCUT2D eigenvalue weighted by atomic mass is 10.4. The van der Waals surface area contributed by atoms with Gasteiger partial charge in [0.05, 0.1) is 0 Å². The van der Waals surface area contributed by atoms with Crippen molar-refractivity contribution in [1.82, 2.24) is 14.5 Å². The molecule has 0 aliphatic rings. The fourth-order valence-electron chi connectivity index (χ4n) is 1.06. The Morgan fingerprint density at radius 1 is 1.60 bits per heavy atom. The summed E-state index contributed by atoms with van der Waals surface area (Å²) in [6.07, 6.45) is 0. The van der Waals surface area contributed by atoms with E-state index in [-0.39, 0.29) is 23.2 Å². The summed E-state index contributed by atoms with van der Waals surface area (Å²) in [5.41, 5.74) is -0.317. The topological polar surface area (TPSA) is 55.2 Å². The maximum atomic E-state index is 11.5. The lowest BCUT2D eigenvalue weighted by Gasteiger charge is -2.13. The second-order valence-electron chi connectivity index (χ2n) is 3.34. The molecule has 5 nitrogen and oxygen atoms in total. The van der Waals surface area contributed by atoms with Crippen LogP contribution in [0.25, 0.3) is 0 Å². The Morgan fingerprint density at radius 2 is 2.20 bits per heavy atom. The zero-order chi connectivity index (χ0) is 11.6. The van der Waals surface area contributed by atoms with Gasteiger partial charge in [-0.2, -0.15) is 0 Å². The quantitative estimate of drug-likeness (QED) is 0.686. The summed E-state index contributed by atoms with van der Waals surface area (Å²) in [6.45, 7) is 1.62. The summed E-state index contributed by atoms with van der Waals surface area (Å²) in [6, 6.07) is 1.19. The molecule has 0 aliphatic heterocycles. The predicted octanol–water partition coefficient (Wildman–Crippen LogP) is 0.293. The minimum Gasteiger partial charge on any atom is -0.347 e. The lowest BCUT2D eigenvalue weighted by molar-refractivity contribution is -0.129. The van der Waals surface area contributed by atoms with Crippen LogP contribution in [-0.2, 0) is 11.3 Å². The van der Waals surface area contributed by atoms with Gasteiger partial charge in [-0.1, -0.05) is 11.6 Å². The minimum absolute atomic E-state index is 0.0121. The molecule has 0 aliphatic carbocycles. The summed E-state index contributed by atoms with van der Waals surface area (Å²) in [5.74, 6) is 0.270. The molecule has 15 heavy (non-hydrogen) atoms. The molecule has 82 valence electrons. The van der Waals surface area contributed by atoms with Crippen molar-refractivity contribution in [3.63, 3.8) is 0 Å². The van der Waals surface area contributed by atoms with Gasteiger partial charge < -0.3 is 4.90 Å². The first kappa shape index (κ1) is 11.7. The van der Waals surface area contributed by atoms with Crippen molar-refractivity contribution in [1.29, 1.82) is 0 Å². The lowest BCUT2D eigenvalue weighted by Crippen LogP contribution is -2.32. The molecule has 0 radical (unpaired) electrons. The Balaban J connectivity index is 3.06. The summed E-state index contributed by atoms with van der Waals surface area (Å²) in [5, 5.41) is 0.144. The molecule has 0 spiro atoms. The minimum atomic E-state index is -0.317. The van der Waals surface area contributed by atoms with E-state index in [0.29, 0.717) is 5.82 Å². The number of carbonyl (C=O) groups is 1. The van der Waals surface area contributed by atoms with E-state index >= 15 is 0 Å². The molecule has 0 unspecified atom stereocenters. The van der Waals surface area contributed by atoms with Gasteiger partial charge in [0, 0.05) is 20.2 Å². The fraction of sp³-hybridized carbons (Fsp3) is 0.444. The van der Waals surface area contributed by atoms with Gasteiger partial charge in [0.25, 0.3) is 5.56 Å². The van der Waals surface area contributed by atoms with E-state index in [9.17, 15) is 9.59 Å². The Bertz CT molecular complexity index is 439. The van der Waals surface area contributed by atoms with E-state index in [1.807, 2.05) is 0 Å². The maximum absolute atomic E-state index is 11.5. The van der Waals surface area contributed by atoms with E-state index in [1.54, 1.807) is 21.0 Å². The second kappa shape index (κ2) is 4.44. The fourth-order valence-corrected chi connectivity index (χ4v) is 1.27. The predicted molar refractivity (Wildman–Crippen MR) is 56.9 cm³/mol. The van der Waals surface area contributed by atoms with Gasteiger partial charge in [0.1, 0.15) is 17.5 Å². The van der Waals surface area contributed by atoms with Crippen molar-refractivity contribution in [2.75, 3.05) is 14.1 Å². The van der Waals surface area contributed by atoms with E-state index in [4.69, 9.17) is 11.6 Å². The number of hydrogen-bond acceptors (Lipinski definition) is 3. The van der Waals surface area contributed by atoms with E-state index in [2.05, 4.69) is 4.98 Å². The SMILES string of the molecule is Cc1nc(Cl)cc(=O)n1CC(=O)N(C)C. The third kappa shape index (κ3) is 2.79. The van der Waals surface area contributed by atoms with Gasteiger partial charge in [0.2, 0.25) is 5.91 Å². The van der Waals surface area contributed by atoms with E-state index < -0.39 is 0 Å². The standard InChI is InChI=1S/C9H12ClN3O2/c1-6-11-7(10)4-8(14)13(6)5-9(15)12(2)3/h4H,5H2,1-3H3. The molecule has 1 rings (SSSR count). The van der Waals surface area contributed by atoms with Crippen LogP contribution in [0.15, 0.2) is 10.9 Å². The highest BCUT2D eigenvalue weighted by Crippen LogP contribution is 2.01. The van der Waals surface area contributed by atoms with Crippen molar-refractivity contribution in [2.45, 2.75) is 13.5 Å². The Morgan fingerprint density at radius 3 is 2.67 bits per heavy atom. The molecular weight excluding hydrogens is 218 g/mol. The summed E-state index contributed by atoms with van der Waals surface area (Å²) in [7, 11) is 3.26. The number of carbonyl (C=O) groups excluding carboxylic acids is 1. The van der Waals surface area contributed by atoms with Crippen LogP contribution in [0.5, 0.6) is 0 Å². The molecule has 6 heteroatoms. The number of hydrogen-bond donors (Lipinski definition) is 0. The summed E-state index contributed by atoms with van der Waals surface area (Å²) >= 11 is 5.60. The normalized spacial score (nSPS) is 10.1. The van der Waals surface area contributed by atoms with Crippen molar-refractivity contribution in [3.05, 3.63) is 27.4 Å². The number of nitrogens with zero attached hydrogens (tertiary/aromatic N) is 3. The highest BCUT2D eigenvalue weighted by Gasteiger charge is 2.09. The highest BCUT2D eigenvalue weighted by molar-refractivity contribution is 6.29. The molecule has 0 saturated carbocycles.